The SMILES string of the molecule is Nc1c(Nc2ccccn2)ncnc1Oc1ccccc1. The highest BCUT2D eigenvalue weighted by atomic mass is 16.5. The fourth-order valence-electron chi connectivity index (χ4n) is 1.72. The third-order valence-corrected chi connectivity index (χ3v) is 2.72. The molecule has 0 fully saturated rings. The van der Waals surface area contributed by atoms with Crippen molar-refractivity contribution in [3.05, 3.63) is 61.1 Å². The van der Waals surface area contributed by atoms with E-state index >= 15 is 0 Å². The van der Waals surface area contributed by atoms with Crippen LogP contribution in [0.3, 0.4) is 0 Å². The zero-order valence-electron chi connectivity index (χ0n) is 11.1. The number of benzene rings is 1. The molecule has 6 heteroatoms. The monoisotopic (exact) mass is 279 g/mol. The fraction of sp³-hybridized carbons (Fsp3) is 0. The summed E-state index contributed by atoms with van der Waals surface area (Å²) in [5.41, 5.74) is 6.36. The molecule has 0 saturated carbocycles. The summed E-state index contributed by atoms with van der Waals surface area (Å²) in [6, 6.07) is 14.8. The van der Waals surface area contributed by atoms with Crippen LogP contribution in [0.15, 0.2) is 61.1 Å². The highest BCUT2D eigenvalue weighted by Gasteiger charge is 2.10. The van der Waals surface area contributed by atoms with Gasteiger partial charge in [0.05, 0.1) is 0 Å². The second kappa shape index (κ2) is 5.87. The molecule has 3 aromatic rings. The number of nitrogens with two attached hydrogens (primary N) is 1. The summed E-state index contributed by atoms with van der Waals surface area (Å²) in [4.78, 5) is 12.3. The summed E-state index contributed by atoms with van der Waals surface area (Å²) < 4.78 is 5.65. The van der Waals surface area contributed by atoms with Crippen molar-refractivity contribution in [2.75, 3.05) is 11.1 Å². The smallest absolute Gasteiger partial charge is 0.248 e. The largest absolute Gasteiger partial charge is 0.437 e. The molecule has 0 aliphatic heterocycles. The van der Waals surface area contributed by atoms with Gasteiger partial charge in [0.2, 0.25) is 5.88 Å². The van der Waals surface area contributed by atoms with Gasteiger partial charge in [-0.25, -0.2) is 9.97 Å². The average molecular weight is 279 g/mol. The van der Waals surface area contributed by atoms with E-state index in [4.69, 9.17) is 10.5 Å². The number of anilines is 3. The van der Waals surface area contributed by atoms with Crippen LogP contribution in [0.4, 0.5) is 17.3 Å². The molecular weight excluding hydrogens is 266 g/mol. The molecule has 0 amide bonds. The lowest BCUT2D eigenvalue weighted by molar-refractivity contribution is 0.464. The van der Waals surface area contributed by atoms with E-state index in [9.17, 15) is 0 Å². The number of nitrogens with one attached hydrogen (secondary N) is 1. The van der Waals surface area contributed by atoms with Crippen molar-refractivity contribution < 1.29 is 4.74 Å². The zero-order valence-corrected chi connectivity index (χ0v) is 11.1. The molecule has 0 aliphatic rings. The third-order valence-electron chi connectivity index (χ3n) is 2.72. The predicted molar refractivity (Wildman–Crippen MR) is 80.5 cm³/mol. The van der Waals surface area contributed by atoms with Crippen LogP contribution in [0.1, 0.15) is 0 Å². The van der Waals surface area contributed by atoms with Crippen molar-refractivity contribution in [3.8, 4) is 11.6 Å². The normalized spacial score (nSPS) is 10.1. The number of aromatic nitrogens is 3. The van der Waals surface area contributed by atoms with Gasteiger partial charge in [-0.2, -0.15) is 4.98 Å². The quantitative estimate of drug-likeness (QED) is 0.763. The molecule has 21 heavy (non-hydrogen) atoms. The maximum absolute atomic E-state index is 6.04. The lowest BCUT2D eigenvalue weighted by Gasteiger charge is -2.11. The van der Waals surface area contributed by atoms with Crippen LogP contribution in [-0.4, -0.2) is 15.0 Å². The van der Waals surface area contributed by atoms with E-state index in [2.05, 4.69) is 20.3 Å². The molecule has 2 aromatic heterocycles. The van der Waals surface area contributed by atoms with Gasteiger partial charge in [-0.3, -0.25) is 0 Å². The minimum Gasteiger partial charge on any atom is -0.437 e. The Labute approximate surface area is 121 Å². The van der Waals surface area contributed by atoms with Crippen molar-refractivity contribution in [1.29, 1.82) is 0 Å². The van der Waals surface area contributed by atoms with Crippen molar-refractivity contribution in [1.82, 2.24) is 15.0 Å². The first-order valence-corrected chi connectivity index (χ1v) is 6.34. The van der Waals surface area contributed by atoms with Crippen LogP contribution in [-0.2, 0) is 0 Å². The Morgan fingerprint density at radius 2 is 1.71 bits per heavy atom. The predicted octanol–water partition coefficient (Wildman–Crippen LogP) is 2.99. The third kappa shape index (κ3) is 3.06. The Morgan fingerprint density at radius 3 is 2.48 bits per heavy atom. The number of nitrogens with zero attached hydrogens (tertiary/aromatic N) is 3. The Balaban J connectivity index is 1.85. The van der Waals surface area contributed by atoms with Gasteiger partial charge in [0, 0.05) is 6.20 Å². The van der Waals surface area contributed by atoms with Gasteiger partial charge in [0.1, 0.15) is 23.6 Å². The molecule has 3 rings (SSSR count). The number of hydrogen-bond acceptors (Lipinski definition) is 6. The molecule has 0 radical (unpaired) electrons. The van der Waals surface area contributed by atoms with Crippen molar-refractivity contribution >= 4 is 17.3 Å². The van der Waals surface area contributed by atoms with Gasteiger partial charge < -0.3 is 15.8 Å². The van der Waals surface area contributed by atoms with Gasteiger partial charge in [-0.05, 0) is 24.3 Å². The molecule has 1 aromatic carbocycles. The van der Waals surface area contributed by atoms with Gasteiger partial charge >= 0.3 is 0 Å². The first-order chi connectivity index (χ1) is 10.3. The molecule has 0 atom stereocenters. The van der Waals surface area contributed by atoms with Crippen LogP contribution in [0, 0.1) is 0 Å². The minimum absolute atomic E-state index is 0.301. The standard InChI is InChI=1S/C15H13N5O/c16-13-14(20-12-8-4-5-9-17-12)18-10-19-15(13)21-11-6-2-1-3-7-11/h1-10H,16H2,(H,17,18,19,20). The lowest BCUT2D eigenvalue weighted by Crippen LogP contribution is -2.03. The van der Waals surface area contributed by atoms with Crippen molar-refractivity contribution in [3.63, 3.8) is 0 Å². The van der Waals surface area contributed by atoms with E-state index in [1.54, 1.807) is 6.20 Å². The number of pyridine rings is 1. The highest BCUT2D eigenvalue weighted by molar-refractivity contribution is 5.71. The second-order valence-electron chi connectivity index (χ2n) is 4.20. The van der Waals surface area contributed by atoms with E-state index in [1.807, 2.05) is 48.5 Å². The molecule has 0 spiro atoms. The lowest BCUT2D eigenvalue weighted by atomic mass is 10.3. The van der Waals surface area contributed by atoms with E-state index in [0.717, 1.165) is 0 Å². The van der Waals surface area contributed by atoms with E-state index in [-0.39, 0.29) is 0 Å². The Hall–Kier alpha value is -3.15. The summed E-state index contributed by atoms with van der Waals surface area (Å²) >= 11 is 0. The zero-order chi connectivity index (χ0) is 14.5. The minimum atomic E-state index is 0.301. The van der Waals surface area contributed by atoms with E-state index in [1.165, 1.54) is 6.33 Å². The molecule has 2 heterocycles. The molecule has 0 saturated heterocycles. The molecular formula is C15H13N5O. The van der Waals surface area contributed by atoms with Gasteiger partial charge in [0.15, 0.2) is 5.82 Å². The summed E-state index contributed by atoms with van der Waals surface area (Å²) in [7, 11) is 0. The van der Waals surface area contributed by atoms with Crippen LogP contribution in [0.5, 0.6) is 11.6 Å². The summed E-state index contributed by atoms with van der Waals surface area (Å²) in [5, 5.41) is 3.03. The Morgan fingerprint density at radius 1 is 0.905 bits per heavy atom. The summed E-state index contributed by atoms with van der Waals surface area (Å²) in [6.07, 6.45) is 3.07. The first-order valence-electron chi connectivity index (χ1n) is 6.34. The van der Waals surface area contributed by atoms with Crippen molar-refractivity contribution in [2.45, 2.75) is 0 Å². The highest BCUT2D eigenvalue weighted by Crippen LogP contribution is 2.30. The van der Waals surface area contributed by atoms with Gasteiger partial charge in [-0.15, -0.1) is 0 Å². The maximum Gasteiger partial charge on any atom is 0.248 e. The van der Waals surface area contributed by atoms with E-state index < -0.39 is 0 Å². The number of hydrogen-bond donors (Lipinski definition) is 2. The van der Waals surface area contributed by atoms with Crippen LogP contribution in [0.25, 0.3) is 0 Å². The molecule has 3 N–H and O–H groups in total. The van der Waals surface area contributed by atoms with Crippen molar-refractivity contribution in [2.24, 2.45) is 0 Å². The topological polar surface area (TPSA) is 86.0 Å². The Kier molecular flexibility index (Phi) is 3.60. The number of rotatable bonds is 4. The number of nitrogen functional groups attached to an aromatic ring is 1. The van der Waals surface area contributed by atoms with Crippen LogP contribution < -0.4 is 15.8 Å². The number of para-hydroxylation sites is 1. The van der Waals surface area contributed by atoms with Crippen LogP contribution >= 0.6 is 0 Å². The fourth-order valence-corrected chi connectivity index (χ4v) is 1.72. The number of ether oxygens (including phenoxy) is 1. The maximum atomic E-state index is 6.04. The molecule has 104 valence electrons. The van der Waals surface area contributed by atoms with Gasteiger partial charge in [-0.1, -0.05) is 24.3 Å². The Bertz CT molecular complexity index is 659. The van der Waals surface area contributed by atoms with Crippen LogP contribution in [0.2, 0.25) is 0 Å². The first kappa shape index (κ1) is 12.9. The molecule has 0 bridgehead atoms. The summed E-state index contributed by atoms with van der Waals surface area (Å²) in [5.74, 6) is 2.06. The molecule has 0 aliphatic carbocycles. The summed E-state index contributed by atoms with van der Waals surface area (Å²) in [6.45, 7) is 0. The van der Waals surface area contributed by atoms with Gasteiger partial charge in [0.25, 0.3) is 0 Å². The second-order valence-corrected chi connectivity index (χ2v) is 4.20. The molecule has 6 nitrogen and oxygen atoms in total. The van der Waals surface area contributed by atoms with E-state index in [0.29, 0.717) is 29.0 Å². The molecule has 0 unspecified atom stereocenters. The average Bonchev–Trinajstić information content (AvgIpc) is 2.53.